The molecule has 7 nitrogen and oxygen atoms in total. The van der Waals surface area contributed by atoms with Gasteiger partial charge in [0, 0.05) is 19.5 Å². The Morgan fingerprint density at radius 2 is 2.07 bits per heavy atom. The van der Waals surface area contributed by atoms with Crippen LogP contribution in [-0.2, 0) is 17.8 Å². The van der Waals surface area contributed by atoms with Gasteiger partial charge in [-0.05, 0) is 38.1 Å². The molecule has 2 heterocycles. The van der Waals surface area contributed by atoms with Gasteiger partial charge in [0.25, 0.3) is 11.8 Å². The normalized spacial score (nSPS) is 15.6. The van der Waals surface area contributed by atoms with E-state index in [4.69, 9.17) is 4.74 Å². The van der Waals surface area contributed by atoms with Crippen LogP contribution in [0.5, 0.6) is 5.75 Å². The minimum absolute atomic E-state index is 0.219. The molecule has 2 amide bonds. The molecule has 1 aromatic heterocycles. The second-order valence-corrected chi connectivity index (χ2v) is 6.70. The molecule has 0 radical (unpaired) electrons. The summed E-state index contributed by atoms with van der Waals surface area (Å²) in [6.07, 6.45) is -0.0111. The van der Waals surface area contributed by atoms with Crippen LogP contribution < -0.4 is 15.4 Å². The van der Waals surface area contributed by atoms with E-state index in [2.05, 4.69) is 33.2 Å². The van der Waals surface area contributed by atoms with Crippen LogP contribution in [0.15, 0.2) is 42.5 Å². The second kappa shape index (κ2) is 7.34. The molecule has 0 spiro atoms. The van der Waals surface area contributed by atoms with E-state index < -0.39 is 6.10 Å². The minimum Gasteiger partial charge on any atom is -0.478 e. The Morgan fingerprint density at radius 1 is 1.25 bits per heavy atom. The van der Waals surface area contributed by atoms with Crippen LogP contribution in [0.3, 0.4) is 0 Å². The molecule has 0 saturated heterocycles. The minimum atomic E-state index is -0.633. The third-order valence-corrected chi connectivity index (χ3v) is 4.87. The summed E-state index contributed by atoms with van der Waals surface area (Å²) in [6, 6.07) is 13.2. The number of ether oxygens (including phenoxy) is 1. The summed E-state index contributed by atoms with van der Waals surface area (Å²) < 4.78 is 7.81. The number of aryl methyl sites for hydroxylation is 1. The molecule has 2 aromatic carbocycles. The maximum absolute atomic E-state index is 12.7. The molecule has 4 rings (SSSR count). The number of hydrogen-bond acceptors (Lipinski definition) is 4. The zero-order valence-electron chi connectivity index (χ0n) is 15.9. The van der Waals surface area contributed by atoms with Gasteiger partial charge in [-0.25, -0.2) is 4.98 Å². The number of carbonyl (C=O) groups is 2. The zero-order valence-corrected chi connectivity index (χ0v) is 15.9. The molecular weight excluding hydrogens is 356 g/mol. The Morgan fingerprint density at radius 3 is 2.89 bits per heavy atom. The SMILES string of the molecule is CCn1c(CCNC(=O)c2cccc3c2O[C@@H](C)C(=O)N3)nc2ccccc21. The monoisotopic (exact) mass is 378 g/mol. The predicted octanol–water partition coefficient (Wildman–Crippen LogP) is 2.75. The zero-order chi connectivity index (χ0) is 19.7. The molecular formula is C21H22N4O3. The smallest absolute Gasteiger partial charge is 0.265 e. The predicted molar refractivity (Wildman–Crippen MR) is 107 cm³/mol. The van der Waals surface area contributed by atoms with E-state index in [1.165, 1.54) is 0 Å². The van der Waals surface area contributed by atoms with Crippen LogP contribution in [0.1, 0.15) is 30.0 Å². The average molecular weight is 378 g/mol. The molecule has 2 N–H and O–H groups in total. The second-order valence-electron chi connectivity index (χ2n) is 6.70. The highest BCUT2D eigenvalue weighted by atomic mass is 16.5. The highest BCUT2D eigenvalue weighted by Gasteiger charge is 2.27. The Bertz CT molecular complexity index is 1060. The van der Waals surface area contributed by atoms with Crippen molar-refractivity contribution in [2.24, 2.45) is 0 Å². The number of imidazole rings is 1. The van der Waals surface area contributed by atoms with Crippen molar-refractivity contribution in [2.45, 2.75) is 32.9 Å². The van der Waals surface area contributed by atoms with Crippen LogP contribution in [0.2, 0.25) is 0 Å². The van der Waals surface area contributed by atoms with Crippen molar-refractivity contribution >= 4 is 28.5 Å². The Hall–Kier alpha value is -3.35. The third kappa shape index (κ3) is 3.19. The number of anilines is 1. The van der Waals surface area contributed by atoms with Gasteiger partial charge in [-0.15, -0.1) is 0 Å². The number of amides is 2. The standard InChI is InChI=1S/C21H22N4O3/c1-3-25-17-10-5-4-8-15(17)23-18(25)11-12-22-21(27)14-7-6-9-16-19(14)28-13(2)20(26)24-16/h4-10,13H,3,11-12H2,1-2H3,(H,22,27)(H,24,26)/t13-/m0/s1. The van der Waals surface area contributed by atoms with Gasteiger partial charge in [-0.2, -0.15) is 0 Å². The number of benzene rings is 2. The van der Waals surface area contributed by atoms with Crippen molar-refractivity contribution < 1.29 is 14.3 Å². The number of aromatic nitrogens is 2. The molecule has 144 valence electrons. The van der Waals surface area contributed by atoms with E-state index in [-0.39, 0.29) is 11.8 Å². The largest absolute Gasteiger partial charge is 0.478 e. The number of hydrogen-bond donors (Lipinski definition) is 2. The first-order chi connectivity index (χ1) is 13.6. The van der Waals surface area contributed by atoms with Crippen LogP contribution in [0.4, 0.5) is 5.69 Å². The topological polar surface area (TPSA) is 85.2 Å². The molecule has 0 unspecified atom stereocenters. The molecule has 28 heavy (non-hydrogen) atoms. The van der Waals surface area contributed by atoms with Crippen LogP contribution >= 0.6 is 0 Å². The highest BCUT2D eigenvalue weighted by Crippen LogP contribution is 2.33. The van der Waals surface area contributed by atoms with Crippen molar-refractivity contribution in [2.75, 3.05) is 11.9 Å². The van der Waals surface area contributed by atoms with Crippen molar-refractivity contribution in [1.29, 1.82) is 0 Å². The third-order valence-electron chi connectivity index (χ3n) is 4.87. The fourth-order valence-corrected chi connectivity index (χ4v) is 3.46. The molecule has 0 fully saturated rings. The summed E-state index contributed by atoms with van der Waals surface area (Å²) in [5, 5.41) is 5.69. The molecule has 0 aliphatic carbocycles. The maximum atomic E-state index is 12.7. The van der Waals surface area contributed by atoms with Crippen LogP contribution in [-0.4, -0.2) is 34.0 Å². The van der Waals surface area contributed by atoms with E-state index in [9.17, 15) is 9.59 Å². The summed E-state index contributed by atoms with van der Waals surface area (Å²) in [5.74, 6) is 0.895. The molecule has 0 bridgehead atoms. The van der Waals surface area contributed by atoms with Gasteiger partial charge in [0.2, 0.25) is 0 Å². The molecule has 1 aliphatic heterocycles. The first-order valence-corrected chi connectivity index (χ1v) is 9.41. The van der Waals surface area contributed by atoms with Gasteiger partial charge in [0.15, 0.2) is 11.9 Å². The summed E-state index contributed by atoms with van der Waals surface area (Å²) in [6.45, 7) is 5.01. The Balaban J connectivity index is 1.48. The summed E-state index contributed by atoms with van der Waals surface area (Å²) >= 11 is 0. The Labute approximate surface area is 162 Å². The lowest BCUT2D eigenvalue weighted by atomic mass is 10.1. The molecule has 0 saturated carbocycles. The molecule has 1 aliphatic rings. The highest BCUT2D eigenvalue weighted by molar-refractivity contribution is 6.03. The lowest BCUT2D eigenvalue weighted by Gasteiger charge is -2.25. The first-order valence-electron chi connectivity index (χ1n) is 9.41. The van der Waals surface area contributed by atoms with Crippen molar-refractivity contribution in [3.05, 3.63) is 53.9 Å². The number of fused-ring (bicyclic) bond motifs is 2. The number of rotatable bonds is 5. The van der Waals surface area contributed by atoms with E-state index in [1.807, 2.05) is 18.2 Å². The number of nitrogens with zero attached hydrogens (tertiary/aromatic N) is 2. The molecule has 1 atom stereocenters. The fourth-order valence-electron chi connectivity index (χ4n) is 3.46. The van der Waals surface area contributed by atoms with Gasteiger partial charge < -0.3 is 19.9 Å². The van der Waals surface area contributed by atoms with Gasteiger partial charge in [0.05, 0.1) is 22.3 Å². The summed E-state index contributed by atoms with van der Waals surface area (Å²) in [7, 11) is 0. The van der Waals surface area contributed by atoms with E-state index in [0.717, 1.165) is 23.4 Å². The van der Waals surface area contributed by atoms with Crippen molar-refractivity contribution in [3.8, 4) is 5.75 Å². The average Bonchev–Trinajstić information content (AvgIpc) is 3.05. The van der Waals surface area contributed by atoms with Crippen molar-refractivity contribution in [1.82, 2.24) is 14.9 Å². The van der Waals surface area contributed by atoms with Gasteiger partial charge >= 0.3 is 0 Å². The van der Waals surface area contributed by atoms with Crippen molar-refractivity contribution in [3.63, 3.8) is 0 Å². The lowest BCUT2D eigenvalue weighted by Crippen LogP contribution is -2.36. The number of para-hydroxylation sites is 3. The fraction of sp³-hybridized carbons (Fsp3) is 0.286. The van der Waals surface area contributed by atoms with E-state index >= 15 is 0 Å². The number of carbonyl (C=O) groups excluding carboxylic acids is 2. The van der Waals surface area contributed by atoms with Gasteiger partial charge in [0.1, 0.15) is 5.82 Å². The lowest BCUT2D eigenvalue weighted by molar-refractivity contribution is -0.122. The first kappa shape index (κ1) is 18.0. The molecule has 3 aromatic rings. The maximum Gasteiger partial charge on any atom is 0.265 e. The van der Waals surface area contributed by atoms with E-state index in [0.29, 0.717) is 30.0 Å². The van der Waals surface area contributed by atoms with Gasteiger partial charge in [-0.1, -0.05) is 18.2 Å². The summed E-state index contributed by atoms with van der Waals surface area (Å²) in [5.41, 5.74) is 2.99. The van der Waals surface area contributed by atoms with E-state index in [1.54, 1.807) is 25.1 Å². The number of nitrogens with one attached hydrogen (secondary N) is 2. The Kier molecular flexibility index (Phi) is 4.73. The summed E-state index contributed by atoms with van der Waals surface area (Å²) in [4.78, 5) is 29.1. The van der Waals surface area contributed by atoms with Gasteiger partial charge in [-0.3, -0.25) is 9.59 Å². The van der Waals surface area contributed by atoms with Crippen LogP contribution in [0.25, 0.3) is 11.0 Å². The molecule has 7 heteroatoms. The van der Waals surface area contributed by atoms with Crippen LogP contribution in [0, 0.1) is 0 Å². The quantitative estimate of drug-likeness (QED) is 0.715.